The van der Waals surface area contributed by atoms with Crippen molar-refractivity contribution in [2.45, 2.75) is 26.0 Å². The Hall–Kier alpha value is -0.360. The minimum absolute atomic E-state index is 0. The van der Waals surface area contributed by atoms with Crippen molar-refractivity contribution in [2.24, 2.45) is 11.7 Å². The summed E-state index contributed by atoms with van der Waals surface area (Å²) in [6.07, 6.45) is 0.0852. The largest absolute Gasteiger partial charge is 0.374 e. The monoisotopic (exact) mass is 265 g/mol. The van der Waals surface area contributed by atoms with Gasteiger partial charge in [0.1, 0.15) is 0 Å². The van der Waals surface area contributed by atoms with E-state index in [0.29, 0.717) is 6.54 Å². The van der Waals surface area contributed by atoms with Crippen molar-refractivity contribution in [1.29, 1.82) is 0 Å². The van der Waals surface area contributed by atoms with Crippen LogP contribution in [0.2, 0.25) is 0 Å². The van der Waals surface area contributed by atoms with E-state index in [0.717, 1.165) is 19.7 Å². The highest BCUT2D eigenvalue weighted by molar-refractivity contribution is 5.85. The molecule has 0 aromatic heterocycles. The fourth-order valence-corrected chi connectivity index (χ4v) is 1.63. The van der Waals surface area contributed by atoms with Gasteiger partial charge in [-0.3, -0.25) is 4.79 Å². The zero-order valence-corrected chi connectivity index (χ0v) is 11.6. The molecule has 6 heteroatoms. The smallest absolute Gasteiger partial charge is 0.237 e. The van der Waals surface area contributed by atoms with E-state index in [9.17, 15) is 4.79 Å². The summed E-state index contributed by atoms with van der Waals surface area (Å²) in [7, 11) is 2.05. The van der Waals surface area contributed by atoms with Crippen molar-refractivity contribution in [3.8, 4) is 0 Å². The van der Waals surface area contributed by atoms with Gasteiger partial charge in [-0.15, -0.1) is 12.4 Å². The fraction of sp³-hybridized carbons (Fsp3) is 0.909. The molecule has 1 amide bonds. The average molecular weight is 266 g/mol. The van der Waals surface area contributed by atoms with Crippen LogP contribution in [0.4, 0.5) is 0 Å². The number of nitrogens with zero attached hydrogens (tertiary/aromatic N) is 1. The molecule has 17 heavy (non-hydrogen) atoms. The second-order valence-electron chi connectivity index (χ2n) is 4.77. The predicted molar refractivity (Wildman–Crippen MR) is 70.3 cm³/mol. The van der Waals surface area contributed by atoms with Crippen LogP contribution in [0.15, 0.2) is 0 Å². The highest BCUT2D eigenvalue weighted by Crippen LogP contribution is 2.02. The lowest BCUT2D eigenvalue weighted by Crippen LogP contribution is -2.50. The van der Waals surface area contributed by atoms with Gasteiger partial charge in [0.15, 0.2) is 0 Å². The van der Waals surface area contributed by atoms with Crippen molar-refractivity contribution in [2.75, 3.05) is 33.3 Å². The van der Waals surface area contributed by atoms with Crippen molar-refractivity contribution < 1.29 is 9.53 Å². The number of rotatable bonds is 4. The van der Waals surface area contributed by atoms with Crippen LogP contribution >= 0.6 is 12.4 Å². The van der Waals surface area contributed by atoms with Gasteiger partial charge in [0.2, 0.25) is 5.91 Å². The zero-order chi connectivity index (χ0) is 12.1. The zero-order valence-electron chi connectivity index (χ0n) is 10.8. The SMILES string of the molecule is CC(C)[C@@H](N)C(=O)NCC1CN(C)CCO1.Cl. The van der Waals surface area contributed by atoms with Crippen LogP contribution in [0.5, 0.6) is 0 Å². The number of carbonyl (C=O) groups excluding carboxylic acids is 1. The van der Waals surface area contributed by atoms with E-state index in [1.54, 1.807) is 0 Å². The highest BCUT2D eigenvalue weighted by Gasteiger charge is 2.21. The first-order chi connectivity index (χ1) is 7.50. The summed E-state index contributed by atoms with van der Waals surface area (Å²) >= 11 is 0. The number of nitrogens with one attached hydrogen (secondary N) is 1. The third-order valence-electron chi connectivity index (χ3n) is 2.87. The van der Waals surface area contributed by atoms with Crippen LogP contribution in [0.3, 0.4) is 0 Å². The van der Waals surface area contributed by atoms with Crippen LogP contribution in [0.25, 0.3) is 0 Å². The molecule has 0 aromatic rings. The van der Waals surface area contributed by atoms with Gasteiger partial charge in [0.05, 0.1) is 18.8 Å². The molecule has 1 unspecified atom stereocenters. The summed E-state index contributed by atoms with van der Waals surface area (Å²) in [5, 5.41) is 2.84. The summed E-state index contributed by atoms with van der Waals surface area (Å²) in [5.74, 6) is 0.0711. The van der Waals surface area contributed by atoms with Crippen LogP contribution in [-0.4, -0.2) is 56.2 Å². The minimum Gasteiger partial charge on any atom is -0.374 e. The Morgan fingerprint density at radius 3 is 2.76 bits per heavy atom. The van der Waals surface area contributed by atoms with Crippen molar-refractivity contribution >= 4 is 18.3 Å². The van der Waals surface area contributed by atoms with E-state index >= 15 is 0 Å². The van der Waals surface area contributed by atoms with E-state index in [1.807, 2.05) is 13.8 Å². The lowest BCUT2D eigenvalue weighted by atomic mass is 10.1. The Morgan fingerprint density at radius 1 is 1.59 bits per heavy atom. The van der Waals surface area contributed by atoms with Crippen molar-refractivity contribution in [1.82, 2.24) is 10.2 Å². The van der Waals surface area contributed by atoms with E-state index in [4.69, 9.17) is 10.5 Å². The molecule has 0 spiro atoms. The van der Waals surface area contributed by atoms with E-state index in [1.165, 1.54) is 0 Å². The van der Waals surface area contributed by atoms with E-state index in [2.05, 4.69) is 17.3 Å². The van der Waals surface area contributed by atoms with Crippen molar-refractivity contribution in [3.63, 3.8) is 0 Å². The lowest BCUT2D eigenvalue weighted by Gasteiger charge is -2.30. The van der Waals surface area contributed by atoms with E-state index < -0.39 is 6.04 Å². The number of carbonyl (C=O) groups is 1. The van der Waals surface area contributed by atoms with Gasteiger partial charge in [0, 0.05) is 19.6 Å². The number of likely N-dealkylation sites (N-methyl/N-ethyl adjacent to an activating group) is 1. The molecule has 1 fully saturated rings. The molecule has 5 nitrogen and oxygen atoms in total. The third-order valence-corrected chi connectivity index (χ3v) is 2.87. The third kappa shape index (κ3) is 5.68. The molecule has 2 atom stereocenters. The molecule has 1 aliphatic heterocycles. The molecule has 0 aromatic carbocycles. The second-order valence-corrected chi connectivity index (χ2v) is 4.77. The Balaban J connectivity index is 0.00000256. The molecule has 1 aliphatic rings. The Kier molecular flexibility index (Phi) is 7.70. The van der Waals surface area contributed by atoms with Crippen LogP contribution < -0.4 is 11.1 Å². The Labute approximate surface area is 109 Å². The van der Waals surface area contributed by atoms with Gasteiger partial charge in [-0.1, -0.05) is 13.8 Å². The molecule has 0 saturated carbocycles. The molecule has 1 heterocycles. The van der Waals surface area contributed by atoms with Gasteiger partial charge in [-0.05, 0) is 13.0 Å². The predicted octanol–water partition coefficient (Wildman–Crippen LogP) is -0.162. The normalized spacial score (nSPS) is 23.0. The summed E-state index contributed by atoms with van der Waals surface area (Å²) in [6.45, 7) is 6.97. The highest BCUT2D eigenvalue weighted by atomic mass is 35.5. The van der Waals surface area contributed by atoms with Crippen molar-refractivity contribution in [3.05, 3.63) is 0 Å². The lowest BCUT2D eigenvalue weighted by molar-refractivity contribution is -0.124. The second kappa shape index (κ2) is 7.87. The number of nitrogens with two attached hydrogens (primary N) is 1. The van der Waals surface area contributed by atoms with Crippen LogP contribution in [0.1, 0.15) is 13.8 Å². The number of hydrogen-bond acceptors (Lipinski definition) is 4. The Bertz CT molecular complexity index is 239. The van der Waals surface area contributed by atoms with Gasteiger partial charge in [-0.2, -0.15) is 0 Å². The van der Waals surface area contributed by atoms with Gasteiger partial charge < -0.3 is 20.7 Å². The molecule has 0 radical (unpaired) electrons. The molecular formula is C11H24ClN3O2. The van der Waals surface area contributed by atoms with Crippen LogP contribution in [-0.2, 0) is 9.53 Å². The number of morpholine rings is 1. The first-order valence-electron chi connectivity index (χ1n) is 5.84. The molecular weight excluding hydrogens is 242 g/mol. The first-order valence-corrected chi connectivity index (χ1v) is 5.84. The summed E-state index contributed by atoms with van der Waals surface area (Å²) in [6, 6.07) is -0.429. The number of ether oxygens (including phenoxy) is 1. The summed E-state index contributed by atoms with van der Waals surface area (Å²) in [5.41, 5.74) is 5.74. The summed E-state index contributed by atoms with van der Waals surface area (Å²) in [4.78, 5) is 13.8. The fourth-order valence-electron chi connectivity index (χ4n) is 1.63. The minimum atomic E-state index is -0.429. The van der Waals surface area contributed by atoms with Gasteiger partial charge in [-0.25, -0.2) is 0 Å². The maximum Gasteiger partial charge on any atom is 0.237 e. The Morgan fingerprint density at radius 2 is 2.24 bits per heavy atom. The van der Waals surface area contributed by atoms with Gasteiger partial charge >= 0.3 is 0 Å². The average Bonchev–Trinajstić information content (AvgIpc) is 2.24. The van der Waals surface area contributed by atoms with Gasteiger partial charge in [0.25, 0.3) is 0 Å². The van der Waals surface area contributed by atoms with E-state index in [-0.39, 0.29) is 30.3 Å². The standard InChI is InChI=1S/C11H23N3O2.ClH/c1-8(2)10(12)11(15)13-6-9-7-14(3)4-5-16-9;/h8-10H,4-7,12H2,1-3H3,(H,13,15);1H/t9?,10-;/m1./s1. The molecule has 1 rings (SSSR count). The van der Waals surface area contributed by atoms with Crippen LogP contribution in [0, 0.1) is 5.92 Å². The quantitative estimate of drug-likeness (QED) is 0.741. The molecule has 0 aliphatic carbocycles. The first kappa shape index (κ1) is 16.6. The molecule has 0 bridgehead atoms. The topological polar surface area (TPSA) is 67.6 Å². The summed E-state index contributed by atoms with van der Waals surface area (Å²) < 4.78 is 5.54. The number of amides is 1. The number of halogens is 1. The molecule has 3 N–H and O–H groups in total. The molecule has 102 valence electrons. The number of hydrogen-bond donors (Lipinski definition) is 2. The molecule has 1 saturated heterocycles. The maximum atomic E-state index is 11.6. The maximum absolute atomic E-state index is 11.6.